The second-order valence-electron chi connectivity index (χ2n) is 5.48. The van der Waals surface area contributed by atoms with Crippen molar-refractivity contribution in [1.29, 1.82) is 0 Å². The summed E-state index contributed by atoms with van der Waals surface area (Å²) in [5, 5.41) is 6.81. The number of carbonyl (C=O) groups excluding carboxylic acids is 1. The van der Waals surface area contributed by atoms with Gasteiger partial charge in [0.25, 0.3) is 5.91 Å². The fraction of sp³-hybridized carbons (Fsp3) is 0.333. The molecule has 0 aliphatic rings. The van der Waals surface area contributed by atoms with Crippen LogP contribution in [0.1, 0.15) is 42.1 Å². The van der Waals surface area contributed by atoms with Crippen LogP contribution in [0.15, 0.2) is 36.5 Å². The van der Waals surface area contributed by atoms with E-state index in [0.29, 0.717) is 10.6 Å². The Hall–Kier alpha value is -2.07. The molecule has 1 amide bonds. The van der Waals surface area contributed by atoms with Crippen LogP contribution in [0.3, 0.4) is 0 Å². The Morgan fingerprint density at radius 2 is 2.04 bits per heavy atom. The molecular formula is C18H22ClN3O. The largest absolute Gasteiger partial charge is 0.370 e. The molecule has 0 unspecified atom stereocenters. The van der Waals surface area contributed by atoms with Gasteiger partial charge in [0.2, 0.25) is 0 Å². The highest BCUT2D eigenvalue weighted by Gasteiger charge is 2.09. The summed E-state index contributed by atoms with van der Waals surface area (Å²) < 4.78 is 0. The molecule has 0 fully saturated rings. The van der Waals surface area contributed by atoms with Crippen molar-refractivity contribution in [3.05, 3.63) is 52.7 Å². The minimum Gasteiger partial charge on any atom is -0.370 e. The van der Waals surface area contributed by atoms with Gasteiger partial charge in [-0.1, -0.05) is 31.4 Å². The molecule has 0 aliphatic carbocycles. The zero-order valence-corrected chi connectivity index (χ0v) is 14.3. The normalized spacial score (nSPS) is 10.4. The van der Waals surface area contributed by atoms with Crippen molar-refractivity contribution in [1.82, 2.24) is 4.98 Å². The van der Waals surface area contributed by atoms with Gasteiger partial charge >= 0.3 is 0 Å². The summed E-state index contributed by atoms with van der Waals surface area (Å²) >= 11 is 5.93. The number of nitrogens with one attached hydrogen (secondary N) is 2. The molecule has 2 rings (SSSR count). The lowest BCUT2D eigenvalue weighted by molar-refractivity contribution is 0.102. The fourth-order valence-corrected chi connectivity index (χ4v) is 2.45. The Labute approximate surface area is 142 Å². The minimum atomic E-state index is -0.158. The van der Waals surface area contributed by atoms with Crippen molar-refractivity contribution in [2.24, 2.45) is 0 Å². The molecule has 0 saturated heterocycles. The topological polar surface area (TPSA) is 54.0 Å². The summed E-state index contributed by atoms with van der Waals surface area (Å²) in [6.45, 7) is 4.94. The van der Waals surface area contributed by atoms with Gasteiger partial charge in [-0.05, 0) is 49.2 Å². The van der Waals surface area contributed by atoms with Crippen LogP contribution in [0, 0.1) is 6.92 Å². The predicted octanol–water partition coefficient (Wildman–Crippen LogP) is 4.90. The highest BCUT2D eigenvalue weighted by molar-refractivity contribution is 6.30. The number of hydrogen-bond acceptors (Lipinski definition) is 3. The summed E-state index contributed by atoms with van der Waals surface area (Å²) in [5.41, 5.74) is 2.26. The third-order valence-corrected chi connectivity index (χ3v) is 3.78. The van der Waals surface area contributed by atoms with Crippen LogP contribution in [0.4, 0.5) is 11.5 Å². The number of hydrogen-bond donors (Lipinski definition) is 2. The number of carbonyl (C=O) groups is 1. The molecule has 0 aliphatic heterocycles. The first-order valence-corrected chi connectivity index (χ1v) is 8.25. The van der Waals surface area contributed by atoms with E-state index in [1.54, 1.807) is 30.5 Å². The van der Waals surface area contributed by atoms with E-state index in [0.717, 1.165) is 30.0 Å². The van der Waals surface area contributed by atoms with Crippen molar-refractivity contribution in [3.63, 3.8) is 0 Å². The molecule has 23 heavy (non-hydrogen) atoms. The van der Waals surface area contributed by atoms with Crippen LogP contribution in [-0.4, -0.2) is 17.4 Å². The number of halogens is 1. The summed E-state index contributed by atoms with van der Waals surface area (Å²) in [4.78, 5) is 16.6. The number of rotatable bonds is 7. The van der Waals surface area contributed by atoms with Crippen LogP contribution in [0.25, 0.3) is 0 Å². The standard InChI is InChI=1S/C18H22ClN3O/c1-3-4-5-9-20-17-12-14(8-10-21-17)18(23)22-16-7-6-15(19)11-13(16)2/h6-8,10-12H,3-5,9H2,1-2H3,(H,20,21)(H,22,23). The molecule has 1 heterocycles. The Bertz CT molecular complexity index is 673. The number of benzene rings is 1. The van der Waals surface area contributed by atoms with E-state index >= 15 is 0 Å². The van der Waals surface area contributed by atoms with E-state index in [1.807, 2.05) is 13.0 Å². The maximum Gasteiger partial charge on any atom is 0.255 e. The van der Waals surface area contributed by atoms with Gasteiger partial charge in [0.05, 0.1) is 0 Å². The Morgan fingerprint density at radius 1 is 1.22 bits per heavy atom. The van der Waals surface area contributed by atoms with Crippen LogP contribution < -0.4 is 10.6 Å². The highest BCUT2D eigenvalue weighted by atomic mass is 35.5. The summed E-state index contributed by atoms with van der Waals surface area (Å²) in [6, 6.07) is 8.87. The van der Waals surface area contributed by atoms with Crippen molar-refractivity contribution in [2.75, 3.05) is 17.2 Å². The van der Waals surface area contributed by atoms with Crippen molar-refractivity contribution in [3.8, 4) is 0 Å². The first-order valence-electron chi connectivity index (χ1n) is 7.87. The Balaban J connectivity index is 2.01. The number of anilines is 2. The zero-order valence-electron chi connectivity index (χ0n) is 13.5. The number of amides is 1. The third-order valence-electron chi connectivity index (χ3n) is 3.55. The van der Waals surface area contributed by atoms with Gasteiger partial charge < -0.3 is 10.6 Å². The van der Waals surface area contributed by atoms with Crippen molar-refractivity contribution in [2.45, 2.75) is 33.1 Å². The minimum absolute atomic E-state index is 0.158. The van der Waals surface area contributed by atoms with Gasteiger partial charge in [-0.25, -0.2) is 4.98 Å². The summed E-state index contributed by atoms with van der Waals surface area (Å²) in [5.74, 6) is 0.566. The molecule has 122 valence electrons. The van der Waals surface area contributed by atoms with E-state index in [9.17, 15) is 4.79 Å². The number of unbranched alkanes of at least 4 members (excludes halogenated alkanes) is 2. The van der Waals surface area contributed by atoms with Gasteiger partial charge in [0.1, 0.15) is 5.82 Å². The second-order valence-corrected chi connectivity index (χ2v) is 5.91. The lowest BCUT2D eigenvalue weighted by Crippen LogP contribution is -2.13. The Morgan fingerprint density at radius 3 is 2.78 bits per heavy atom. The van der Waals surface area contributed by atoms with Gasteiger partial charge in [-0.2, -0.15) is 0 Å². The molecule has 1 aromatic heterocycles. The SMILES string of the molecule is CCCCCNc1cc(C(=O)Nc2ccc(Cl)cc2C)ccn1. The summed E-state index contributed by atoms with van der Waals surface area (Å²) in [6.07, 6.45) is 5.10. The van der Waals surface area contributed by atoms with Crippen LogP contribution in [0.5, 0.6) is 0 Å². The third kappa shape index (κ3) is 5.25. The molecule has 0 radical (unpaired) electrons. The molecule has 0 spiro atoms. The molecule has 4 nitrogen and oxygen atoms in total. The number of pyridine rings is 1. The average molecular weight is 332 g/mol. The van der Waals surface area contributed by atoms with Crippen molar-refractivity contribution < 1.29 is 4.79 Å². The average Bonchev–Trinajstić information content (AvgIpc) is 2.54. The molecular weight excluding hydrogens is 310 g/mol. The molecule has 2 N–H and O–H groups in total. The van der Waals surface area contributed by atoms with Crippen molar-refractivity contribution >= 4 is 29.0 Å². The lowest BCUT2D eigenvalue weighted by Gasteiger charge is -2.10. The zero-order chi connectivity index (χ0) is 16.7. The van der Waals surface area contributed by atoms with Gasteiger partial charge in [-0.15, -0.1) is 0 Å². The number of aryl methyl sites for hydroxylation is 1. The molecule has 0 atom stereocenters. The molecule has 5 heteroatoms. The predicted molar refractivity (Wildman–Crippen MR) is 96.4 cm³/mol. The number of aromatic nitrogens is 1. The fourth-order valence-electron chi connectivity index (χ4n) is 2.22. The quantitative estimate of drug-likeness (QED) is 0.710. The van der Waals surface area contributed by atoms with E-state index in [2.05, 4.69) is 22.5 Å². The number of nitrogens with zero attached hydrogens (tertiary/aromatic N) is 1. The van der Waals surface area contributed by atoms with Crippen LogP contribution >= 0.6 is 11.6 Å². The van der Waals surface area contributed by atoms with Gasteiger partial charge in [0.15, 0.2) is 0 Å². The van der Waals surface area contributed by atoms with Crippen LogP contribution in [-0.2, 0) is 0 Å². The van der Waals surface area contributed by atoms with E-state index in [1.165, 1.54) is 12.8 Å². The maximum absolute atomic E-state index is 12.4. The van der Waals surface area contributed by atoms with E-state index in [-0.39, 0.29) is 5.91 Å². The lowest BCUT2D eigenvalue weighted by atomic mass is 10.2. The highest BCUT2D eigenvalue weighted by Crippen LogP contribution is 2.20. The molecule has 0 saturated carbocycles. The monoisotopic (exact) mass is 331 g/mol. The first-order chi connectivity index (χ1) is 11.1. The molecule has 2 aromatic rings. The van der Waals surface area contributed by atoms with Gasteiger partial charge in [-0.3, -0.25) is 4.79 Å². The van der Waals surface area contributed by atoms with Crippen LogP contribution in [0.2, 0.25) is 5.02 Å². The van der Waals surface area contributed by atoms with E-state index < -0.39 is 0 Å². The second kappa shape index (κ2) is 8.53. The van der Waals surface area contributed by atoms with Gasteiger partial charge in [0, 0.05) is 29.0 Å². The van der Waals surface area contributed by atoms with E-state index in [4.69, 9.17) is 11.6 Å². The maximum atomic E-state index is 12.4. The molecule has 0 bridgehead atoms. The molecule has 1 aromatic carbocycles. The summed E-state index contributed by atoms with van der Waals surface area (Å²) in [7, 11) is 0. The Kier molecular flexibility index (Phi) is 6.41. The smallest absolute Gasteiger partial charge is 0.255 e. The first kappa shape index (κ1) is 17.3.